The minimum Gasteiger partial charge on any atom is -0.508 e. The highest BCUT2D eigenvalue weighted by Gasteiger charge is 2.20. The predicted molar refractivity (Wildman–Crippen MR) is 116 cm³/mol. The molecular formula is C23H24ClNO4. The molecule has 2 N–H and O–H groups in total. The van der Waals surface area contributed by atoms with Crippen LogP contribution in [0.1, 0.15) is 22.7 Å². The first kappa shape index (κ1) is 20.7. The fraction of sp³-hybridized carbons (Fsp3) is 0.217. The summed E-state index contributed by atoms with van der Waals surface area (Å²) in [6.07, 6.45) is 0. The molecule has 3 aromatic rings. The van der Waals surface area contributed by atoms with Gasteiger partial charge in [0.25, 0.3) is 0 Å². The Kier molecular flexibility index (Phi) is 6.39. The van der Waals surface area contributed by atoms with E-state index >= 15 is 0 Å². The molecule has 3 rings (SSSR count). The third kappa shape index (κ3) is 4.51. The van der Waals surface area contributed by atoms with Crippen molar-refractivity contribution in [3.8, 4) is 23.0 Å². The third-order valence-electron chi connectivity index (χ3n) is 4.68. The van der Waals surface area contributed by atoms with Crippen molar-refractivity contribution in [3.63, 3.8) is 0 Å². The van der Waals surface area contributed by atoms with Crippen LogP contribution in [0.3, 0.4) is 0 Å². The summed E-state index contributed by atoms with van der Waals surface area (Å²) in [5, 5.41) is 14.7. The molecule has 0 saturated heterocycles. The van der Waals surface area contributed by atoms with E-state index in [1.54, 1.807) is 27.4 Å². The van der Waals surface area contributed by atoms with E-state index in [4.69, 9.17) is 25.8 Å². The molecule has 0 fully saturated rings. The number of aryl methyl sites for hydroxylation is 1. The average molecular weight is 414 g/mol. The molecule has 152 valence electrons. The Balaban J connectivity index is 2.09. The summed E-state index contributed by atoms with van der Waals surface area (Å²) in [6.45, 7) is 1.94. The zero-order valence-corrected chi connectivity index (χ0v) is 17.6. The molecule has 5 nitrogen and oxygen atoms in total. The Morgan fingerprint density at radius 1 is 0.862 bits per heavy atom. The van der Waals surface area contributed by atoms with Gasteiger partial charge in [0.1, 0.15) is 5.75 Å². The molecule has 0 spiro atoms. The molecule has 0 unspecified atom stereocenters. The Bertz CT molecular complexity index is 964. The summed E-state index contributed by atoms with van der Waals surface area (Å²) in [6, 6.07) is 16.5. The summed E-state index contributed by atoms with van der Waals surface area (Å²) in [4.78, 5) is 0. The van der Waals surface area contributed by atoms with E-state index < -0.39 is 0 Å². The Labute approximate surface area is 175 Å². The average Bonchev–Trinajstić information content (AvgIpc) is 2.72. The van der Waals surface area contributed by atoms with E-state index in [0.29, 0.717) is 22.3 Å². The van der Waals surface area contributed by atoms with E-state index in [2.05, 4.69) is 5.32 Å². The number of aromatic hydroxyl groups is 1. The molecular weight excluding hydrogens is 390 g/mol. The molecule has 29 heavy (non-hydrogen) atoms. The molecule has 0 aliphatic carbocycles. The zero-order valence-electron chi connectivity index (χ0n) is 16.8. The van der Waals surface area contributed by atoms with Crippen LogP contribution < -0.4 is 19.5 Å². The van der Waals surface area contributed by atoms with Crippen molar-refractivity contribution >= 4 is 17.3 Å². The first-order chi connectivity index (χ1) is 14.0. The second-order valence-corrected chi connectivity index (χ2v) is 7.04. The van der Waals surface area contributed by atoms with Crippen molar-refractivity contribution in [1.29, 1.82) is 0 Å². The lowest BCUT2D eigenvalue weighted by Crippen LogP contribution is -2.13. The van der Waals surface area contributed by atoms with Crippen molar-refractivity contribution in [2.45, 2.75) is 13.0 Å². The van der Waals surface area contributed by atoms with Crippen molar-refractivity contribution in [2.24, 2.45) is 0 Å². The van der Waals surface area contributed by atoms with Gasteiger partial charge in [0.05, 0.1) is 27.4 Å². The predicted octanol–water partition coefficient (Wildman–Crippen LogP) is 5.58. The van der Waals surface area contributed by atoms with Crippen LogP contribution in [-0.4, -0.2) is 26.4 Å². The SMILES string of the molecule is COc1cc(N[C@@H](c2ccc(Cl)cc2)c2ccc(C)cc2O)cc(OC)c1OC. The van der Waals surface area contributed by atoms with E-state index in [1.165, 1.54) is 0 Å². The van der Waals surface area contributed by atoms with Gasteiger partial charge in [0.15, 0.2) is 11.5 Å². The molecule has 0 aromatic heterocycles. The van der Waals surface area contributed by atoms with Crippen LogP contribution in [0.4, 0.5) is 5.69 Å². The van der Waals surface area contributed by atoms with Gasteiger partial charge in [0.2, 0.25) is 5.75 Å². The smallest absolute Gasteiger partial charge is 0.203 e. The summed E-state index contributed by atoms with van der Waals surface area (Å²) in [5.74, 6) is 1.81. The van der Waals surface area contributed by atoms with Crippen molar-refractivity contribution in [3.05, 3.63) is 76.3 Å². The minimum absolute atomic E-state index is 0.213. The molecule has 0 radical (unpaired) electrons. The topological polar surface area (TPSA) is 60.0 Å². The van der Waals surface area contributed by atoms with Gasteiger partial charge in [-0.1, -0.05) is 35.9 Å². The maximum absolute atomic E-state index is 10.6. The van der Waals surface area contributed by atoms with E-state index in [-0.39, 0.29) is 11.8 Å². The zero-order chi connectivity index (χ0) is 21.0. The van der Waals surface area contributed by atoms with Gasteiger partial charge in [-0.2, -0.15) is 0 Å². The van der Waals surface area contributed by atoms with Crippen molar-refractivity contribution in [1.82, 2.24) is 0 Å². The lowest BCUT2D eigenvalue weighted by Gasteiger charge is -2.23. The van der Waals surface area contributed by atoms with Crippen LogP contribution in [0.2, 0.25) is 5.02 Å². The van der Waals surface area contributed by atoms with E-state index in [0.717, 1.165) is 22.4 Å². The van der Waals surface area contributed by atoms with Crippen LogP contribution in [0.15, 0.2) is 54.6 Å². The molecule has 0 aliphatic heterocycles. The molecule has 0 bridgehead atoms. The number of hydrogen-bond acceptors (Lipinski definition) is 5. The second-order valence-electron chi connectivity index (χ2n) is 6.61. The number of anilines is 1. The number of phenolic OH excluding ortho intramolecular Hbond substituents is 1. The highest BCUT2D eigenvalue weighted by atomic mass is 35.5. The first-order valence-electron chi connectivity index (χ1n) is 9.08. The number of rotatable bonds is 7. The molecule has 1 atom stereocenters. The maximum atomic E-state index is 10.6. The largest absolute Gasteiger partial charge is 0.508 e. The van der Waals surface area contributed by atoms with Crippen LogP contribution in [0, 0.1) is 6.92 Å². The highest BCUT2D eigenvalue weighted by molar-refractivity contribution is 6.30. The molecule has 3 aromatic carbocycles. The first-order valence-corrected chi connectivity index (χ1v) is 9.46. The number of nitrogens with one attached hydrogen (secondary N) is 1. The van der Waals surface area contributed by atoms with Crippen LogP contribution in [0.5, 0.6) is 23.0 Å². The fourth-order valence-corrected chi connectivity index (χ4v) is 3.35. The number of ether oxygens (including phenoxy) is 3. The molecule has 6 heteroatoms. The maximum Gasteiger partial charge on any atom is 0.203 e. The van der Waals surface area contributed by atoms with Gasteiger partial charge in [-0.3, -0.25) is 0 Å². The van der Waals surface area contributed by atoms with Gasteiger partial charge in [-0.05, 0) is 36.2 Å². The molecule has 0 heterocycles. The number of hydrogen-bond donors (Lipinski definition) is 2. The second kappa shape index (κ2) is 8.97. The fourth-order valence-electron chi connectivity index (χ4n) is 3.22. The van der Waals surface area contributed by atoms with Gasteiger partial charge in [-0.25, -0.2) is 0 Å². The number of halogens is 1. The summed E-state index contributed by atoms with van der Waals surface area (Å²) in [7, 11) is 4.71. The van der Waals surface area contributed by atoms with Gasteiger partial charge >= 0.3 is 0 Å². The number of methoxy groups -OCH3 is 3. The molecule has 0 saturated carbocycles. The summed E-state index contributed by atoms with van der Waals surface area (Å²) >= 11 is 6.07. The van der Waals surface area contributed by atoms with Gasteiger partial charge < -0.3 is 24.6 Å². The minimum atomic E-state index is -0.323. The van der Waals surface area contributed by atoms with Crippen molar-refractivity contribution in [2.75, 3.05) is 26.6 Å². The van der Waals surface area contributed by atoms with Crippen LogP contribution in [-0.2, 0) is 0 Å². The number of phenols is 1. The summed E-state index contributed by atoms with van der Waals surface area (Å²) < 4.78 is 16.3. The lowest BCUT2D eigenvalue weighted by molar-refractivity contribution is 0.324. The monoisotopic (exact) mass is 413 g/mol. The van der Waals surface area contributed by atoms with Gasteiger partial charge in [-0.15, -0.1) is 0 Å². The number of benzene rings is 3. The quantitative estimate of drug-likeness (QED) is 0.529. The van der Waals surface area contributed by atoms with E-state index in [1.807, 2.05) is 55.5 Å². The highest BCUT2D eigenvalue weighted by Crippen LogP contribution is 2.42. The third-order valence-corrected chi connectivity index (χ3v) is 4.93. The Morgan fingerprint density at radius 3 is 2.00 bits per heavy atom. The summed E-state index contributed by atoms with van der Waals surface area (Å²) in [5.41, 5.74) is 3.42. The van der Waals surface area contributed by atoms with E-state index in [9.17, 15) is 5.11 Å². The van der Waals surface area contributed by atoms with Crippen molar-refractivity contribution < 1.29 is 19.3 Å². The Hall–Kier alpha value is -3.05. The lowest BCUT2D eigenvalue weighted by atomic mass is 9.96. The molecule has 0 amide bonds. The van der Waals surface area contributed by atoms with Gasteiger partial charge in [0, 0.05) is 28.4 Å². The van der Waals surface area contributed by atoms with Crippen LogP contribution >= 0.6 is 11.6 Å². The standard InChI is InChI=1S/C23H24ClNO4/c1-14-5-10-18(19(26)11-14)22(15-6-8-16(24)9-7-15)25-17-12-20(27-2)23(29-4)21(13-17)28-3/h5-13,22,25-26H,1-4H3/t22-/m0/s1. The Morgan fingerprint density at radius 2 is 1.48 bits per heavy atom. The molecule has 0 aliphatic rings. The van der Waals surface area contributed by atoms with Crippen LogP contribution in [0.25, 0.3) is 0 Å². The normalized spacial score (nSPS) is 11.6.